The monoisotopic (exact) mass is 416 g/mol. The number of hydrogen-bond donors (Lipinski definition) is 2. The quantitative estimate of drug-likeness (QED) is 0.560. The van der Waals surface area contributed by atoms with Crippen molar-refractivity contribution < 1.29 is 10.2 Å². The fourth-order valence-electron chi connectivity index (χ4n) is 7.73. The Labute approximate surface area is 179 Å². The van der Waals surface area contributed by atoms with Gasteiger partial charge in [0.25, 0.3) is 0 Å². The Hall–Kier alpha value is -0.780. The van der Waals surface area contributed by atoms with Crippen LogP contribution in [0.2, 0.25) is 0 Å². The van der Waals surface area contributed by atoms with E-state index in [4.69, 9.17) is 0 Å². The summed E-state index contributed by atoms with van der Waals surface area (Å²) in [6.45, 7) is 4.86. The van der Waals surface area contributed by atoms with Gasteiger partial charge in [0.05, 0.1) is 11.7 Å². The number of hydrogen-bond acceptors (Lipinski definition) is 4. The van der Waals surface area contributed by atoms with Crippen LogP contribution < -0.4 is 0 Å². The van der Waals surface area contributed by atoms with Crippen LogP contribution in [0.4, 0.5) is 0 Å². The first-order valence-corrected chi connectivity index (χ1v) is 12.5. The van der Waals surface area contributed by atoms with Gasteiger partial charge >= 0.3 is 0 Å². The molecule has 5 rings (SSSR count). The Bertz CT molecular complexity index is 822. The molecule has 0 aromatic carbocycles. The summed E-state index contributed by atoms with van der Waals surface area (Å²) in [6.07, 6.45) is 14.6. The van der Waals surface area contributed by atoms with Crippen molar-refractivity contribution in [2.45, 2.75) is 82.1 Å². The zero-order valence-electron chi connectivity index (χ0n) is 18.1. The largest absolute Gasteiger partial charge is 0.389 e. The molecule has 29 heavy (non-hydrogen) atoms. The van der Waals surface area contributed by atoms with Gasteiger partial charge in [-0.15, -0.1) is 0 Å². The Morgan fingerprint density at radius 1 is 1.14 bits per heavy atom. The highest BCUT2D eigenvalue weighted by Crippen LogP contribution is 2.68. The van der Waals surface area contributed by atoms with Crippen LogP contribution in [0.1, 0.15) is 65.2 Å². The highest BCUT2D eigenvalue weighted by atomic mass is 32.2. The Kier molecular flexibility index (Phi) is 4.77. The number of imidazole rings is 1. The Morgan fingerprint density at radius 2 is 1.93 bits per heavy atom. The summed E-state index contributed by atoms with van der Waals surface area (Å²) >= 11 is 1.72. The molecule has 4 aliphatic carbocycles. The molecule has 7 atom stereocenters. The number of allylic oxidation sites excluding steroid dienone is 1. The highest BCUT2D eigenvalue weighted by Gasteiger charge is 2.63. The summed E-state index contributed by atoms with van der Waals surface area (Å²) in [6, 6.07) is 0. The molecule has 4 nitrogen and oxygen atoms in total. The Balaban J connectivity index is 1.38. The molecule has 0 aliphatic heterocycles. The maximum atomic E-state index is 11.9. The second kappa shape index (κ2) is 6.86. The summed E-state index contributed by atoms with van der Waals surface area (Å²) in [5.41, 5.74) is 1.21. The van der Waals surface area contributed by atoms with E-state index in [9.17, 15) is 10.2 Å². The third-order valence-corrected chi connectivity index (χ3v) is 10.9. The topological polar surface area (TPSA) is 58.3 Å². The molecule has 1 aromatic rings. The second-order valence-corrected chi connectivity index (χ2v) is 11.7. The minimum atomic E-state index is -0.598. The zero-order valence-corrected chi connectivity index (χ0v) is 18.9. The number of aryl methyl sites for hydroxylation is 1. The van der Waals surface area contributed by atoms with Gasteiger partial charge in [-0.05, 0) is 74.5 Å². The van der Waals surface area contributed by atoms with Crippen LogP contribution in [-0.2, 0) is 7.05 Å². The molecule has 5 heteroatoms. The molecular formula is C24H36N2O2S. The molecule has 2 N–H and O–H groups in total. The van der Waals surface area contributed by atoms with Gasteiger partial charge in [-0.3, -0.25) is 0 Å². The van der Waals surface area contributed by atoms with Crippen LogP contribution in [0.5, 0.6) is 0 Å². The third kappa shape index (κ3) is 2.90. The first-order valence-electron chi connectivity index (χ1n) is 11.5. The standard InChI is InChI=1S/C24H36N2O2S/c1-22-9-6-17(27)14-16(22)4-5-18-19(22)7-10-23(2)20(18)8-11-24(23,28)15-29-21-25-12-13-26(21)3/h12-14,17-20,27-28H,4-11,15H2,1-3H3/t17-,18+,19-,20-,22-,23-,24+/m0/s1. The van der Waals surface area contributed by atoms with Crippen molar-refractivity contribution in [1.29, 1.82) is 0 Å². The van der Waals surface area contributed by atoms with Crippen LogP contribution in [0.15, 0.2) is 29.2 Å². The lowest BCUT2D eigenvalue weighted by atomic mass is 9.46. The SMILES string of the molecule is Cn1ccnc1SC[C@]1(O)CC[C@H]2[C@@H]3CCC4=C[C@@H](O)CC[C@]4(C)[C@H]3CC[C@@]21C. The van der Waals surface area contributed by atoms with Gasteiger partial charge in [0.15, 0.2) is 5.16 Å². The fraction of sp³-hybridized carbons (Fsp3) is 0.792. The normalized spacial score (nSPS) is 46.6. The number of thioether (sulfide) groups is 1. The van der Waals surface area contributed by atoms with E-state index in [1.54, 1.807) is 11.8 Å². The number of aliphatic hydroxyl groups is 2. The minimum absolute atomic E-state index is 0.0120. The third-order valence-electron chi connectivity index (χ3n) is 9.63. The van der Waals surface area contributed by atoms with E-state index in [1.165, 1.54) is 18.4 Å². The number of rotatable bonds is 3. The van der Waals surface area contributed by atoms with E-state index in [-0.39, 0.29) is 16.9 Å². The molecule has 0 bridgehead atoms. The molecule has 160 valence electrons. The molecule has 1 heterocycles. The summed E-state index contributed by atoms with van der Waals surface area (Å²) in [7, 11) is 2.03. The lowest BCUT2D eigenvalue weighted by Crippen LogP contribution is -2.55. The maximum Gasteiger partial charge on any atom is 0.167 e. The second-order valence-electron chi connectivity index (χ2n) is 10.8. The van der Waals surface area contributed by atoms with E-state index in [0.29, 0.717) is 5.92 Å². The van der Waals surface area contributed by atoms with Crippen molar-refractivity contribution >= 4 is 11.8 Å². The molecule has 0 saturated heterocycles. The van der Waals surface area contributed by atoms with Crippen LogP contribution in [0, 0.1) is 28.6 Å². The van der Waals surface area contributed by atoms with Crippen LogP contribution in [0.3, 0.4) is 0 Å². The fourth-order valence-corrected chi connectivity index (χ4v) is 8.97. The molecule has 0 unspecified atom stereocenters. The van der Waals surface area contributed by atoms with Gasteiger partial charge in [0, 0.05) is 30.6 Å². The van der Waals surface area contributed by atoms with Gasteiger partial charge in [-0.2, -0.15) is 0 Å². The molecule has 4 aliphatic rings. The van der Waals surface area contributed by atoms with Gasteiger partial charge < -0.3 is 14.8 Å². The van der Waals surface area contributed by atoms with Crippen molar-refractivity contribution in [2.75, 3.05) is 5.75 Å². The molecule has 3 saturated carbocycles. The van der Waals surface area contributed by atoms with E-state index < -0.39 is 5.60 Å². The van der Waals surface area contributed by atoms with E-state index in [0.717, 1.165) is 61.3 Å². The van der Waals surface area contributed by atoms with Gasteiger partial charge in [-0.1, -0.05) is 37.3 Å². The van der Waals surface area contributed by atoms with Crippen LogP contribution in [0.25, 0.3) is 0 Å². The summed E-state index contributed by atoms with van der Waals surface area (Å²) in [5, 5.41) is 23.0. The van der Waals surface area contributed by atoms with E-state index in [2.05, 4.69) is 24.9 Å². The lowest BCUT2D eigenvalue weighted by Gasteiger charge is -2.59. The first-order chi connectivity index (χ1) is 13.8. The first kappa shape index (κ1) is 20.1. The summed E-state index contributed by atoms with van der Waals surface area (Å²) < 4.78 is 2.05. The number of fused-ring (bicyclic) bond motifs is 5. The van der Waals surface area contributed by atoms with E-state index >= 15 is 0 Å². The molecule has 0 amide bonds. The van der Waals surface area contributed by atoms with Crippen LogP contribution in [-0.4, -0.2) is 37.2 Å². The molecule has 0 spiro atoms. The average Bonchev–Trinajstić information content (AvgIpc) is 3.22. The smallest absolute Gasteiger partial charge is 0.167 e. The van der Waals surface area contributed by atoms with Gasteiger partial charge in [0.1, 0.15) is 0 Å². The van der Waals surface area contributed by atoms with Crippen molar-refractivity contribution in [3.8, 4) is 0 Å². The maximum absolute atomic E-state index is 11.9. The molecule has 3 fully saturated rings. The predicted molar refractivity (Wildman–Crippen MR) is 117 cm³/mol. The zero-order chi connectivity index (χ0) is 20.4. The Morgan fingerprint density at radius 3 is 2.69 bits per heavy atom. The number of aromatic nitrogens is 2. The predicted octanol–water partition coefficient (Wildman–Crippen LogP) is 4.57. The van der Waals surface area contributed by atoms with Gasteiger partial charge in [0.2, 0.25) is 0 Å². The highest BCUT2D eigenvalue weighted by molar-refractivity contribution is 7.99. The van der Waals surface area contributed by atoms with Crippen LogP contribution >= 0.6 is 11.8 Å². The number of aliphatic hydroxyl groups excluding tert-OH is 1. The summed E-state index contributed by atoms with van der Waals surface area (Å²) in [5.74, 6) is 2.81. The molecular weight excluding hydrogens is 380 g/mol. The number of nitrogens with zero attached hydrogens (tertiary/aromatic N) is 2. The van der Waals surface area contributed by atoms with Gasteiger partial charge in [-0.25, -0.2) is 4.98 Å². The van der Waals surface area contributed by atoms with Crippen molar-refractivity contribution in [3.05, 3.63) is 24.0 Å². The lowest BCUT2D eigenvalue weighted by molar-refractivity contribution is -0.116. The molecule has 1 aromatic heterocycles. The average molecular weight is 417 g/mol. The molecule has 0 radical (unpaired) electrons. The van der Waals surface area contributed by atoms with Crippen molar-refractivity contribution in [3.63, 3.8) is 0 Å². The summed E-state index contributed by atoms with van der Waals surface area (Å²) in [4.78, 5) is 4.45. The minimum Gasteiger partial charge on any atom is -0.389 e. The van der Waals surface area contributed by atoms with Crippen molar-refractivity contribution in [1.82, 2.24) is 9.55 Å². The van der Waals surface area contributed by atoms with Crippen molar-refractivity contribution in [2.24, 2.45) is 35.6 Å². The van der Waals surface area contributed by atoms with E-state index in [1.807, 2.05) is 24.0 Å².